The van der Waals surface area contributed by atoms with Crippen molar-refractivity contribution in [3.05, 3.63) is 30.4 Å². The molecule has 1 atom stereocenters. The van der Waals surface area contributed by atoms with E-state index in [1.54, 1.807) is 12.4 Å². The van der Waals surface area contributed by atoms with Gasteiger partial charge in [-0.05, 0) is 44.2 Å². The first kappa shape index (κ1) is 17.2. The summed E-state index contributed by atoms with van der Waals surface area (Å²) in [7, 11) is 0. The molecule has 0 N–H and O–H groups in total. The molecule has 1 saturated carbocycles. The molecule has 1 saturated heterocycles. The Labute approximate surface area is 154 Å². The van der Waals surface area contributed by atoms with Crippen LogP contribution in [0, 0.1) is 5.92 Å². The van der Waals surface area contributed by atoms with Gasteiger partial charge in [0, 0.05) is 37.3 Å². The minimum atomic E-state index is 0.256. The van der Waals surface area contributed by atoms with Gasteiger partial charge < -0.3 is 9.42 Å². The van der Waals surface area contributed by atoms with Crippen LogP contribution in [0.4, 0.5) is 0 Å². The highest BCUT2D eigenvalue weighted by atomic mass is 16.5. The van der Waals surface area contributed by atoms with Crippen molar-refractivity contribution in [2.75, 3.05) is 6.54 Å². The molecule has 2 aliphatic rings. The molecule has 1 amide bonds. The number of carbonyl (C=O) groups is 1. The number of amides is 1. The van der Waals surface area contributed by atoms with Crippen molar-refractivity contribution in [1.82, 2.24) is 20.0 Å². The van der Waals surface area contributed by atoms with E-state index in [-0.39, 0.29) is 5.92 Å². The van der Waals surface area contributed by atoms with Gasteiger partial charge in [0.25, 0.3) is 5.89 Å². The zero-order valence-corrected chi connectivity index (χ0v) is 15.1. The Kier molecular flexibility index (Phi) is 5.27. The van der Waals surface area contributed by atoms with Crippen LogP contribution in [0.25, 0.3) is 11.5 Å². The number of aryl methyl sites for hydroxylation is 1. The third-order valence-electron chi connectivity index (χ3n) is 5.69. The summed E-state index contributed by atoms with van der Waals surface area (Å²) in [4.78, 5) is 23.6. The van der Waals surface area contributed by atoms with Gasteiger partial charge in [-0.25, -0.2) is 0 Å². The fourth-order valence-corrected chi connectivity index (χ4v) is 4.27. The fraction of sp³-hybridized carbons (Fsp3) is 0.600. The van der Waals surface area contributed by atoms with Crippen LogP contribution in [-0.2, 0) is 11.2 Å². The first-order chi connectivity index (χ1) is 12.8. The van der Waals surface area contributed by atoms with E-state index in [4.69, 9.17) is 4.52 Å². The van der Waals surface area contributed by atoms with Gasteiger partial charge in [-0.15, -0.1) is 0 Å². The molecule has 6 nitrogen and oxygen atoms in total. The summed E-state index contributed by atoms with van der Waals surface area (Å²) >= 11 is 0. The quantitative estimate of drug-likeness (QED) is 0.820. The Bertz CT molecular complexity index is 724. The van der Waals surface area contributed by atoms with Gasteiger partial charge in [-0.1, -0.05) is 24.4 Å². The third-order valence-corrected chi connectivity index (χ3v) is 5.69. The lowest BCUT2D eigenvalue weighted by Crippen LogP contribution is -2.40. The number of likely N-dealkylation sites (tertiary alicyclic amines) is 1. The van der Waals surface area contributed by atoms with E-state index in [1.165, 1.54) is 19.3 Å². The Balaban J connectivity index is 1.35. The first-order valence-corrected chi connectivity index (χ1v) is 9.85. The van der Waals surface area contributed by atoms with Gasteiger partial charge in [0.05, 0.1) is 5.56 Å². The zero-order valence-electron chi connectivity index (χ0n) is 15.1. The molecule has 0 aromatic carbocycles. The first-order valence-electron chi connectivity index (χ1n) is 9.85. The highest BCUT2D eigenvalue weighted by Crippen LogP contribution is 2.30. The highest BCUT2D eigenvalue weighted by molar-refractivity contribution is 5.79. The predicted octanol–water partition coefficient (Wildman–Crippen LogP) is 3.64. The van der Waals surface area contributed by atoms with Crippen LogP contribution in [0.1, 0.15) is 57.2 Å². The number of aromatic nitrogens is 3. The molecule has 1 aliphatic carbocycles. The van der Waals surface area contributed by atoms with Crippen LogP contribution in [0.2, 0.25) is 0 Å². The highest BCUT2D eigenvalue weighted by Gasteiger charge is 2.33. The lowest BCUT2D eigenvalue weighted by Gasteiger charge is -2.30. The monoisotopic (exact) mass is 354 g/mol. The van der Waals surface area contributed by atoms with Crippen molar-refractivity contribution in [2.24, 2.45) is 5.92 Å². The molecule has 0 spiro atoms. The topological polar surface area (TPSA) is 72.1 Å². The number of hydrogen-bond acceptors (Lipinski definition) is 5. The average Bonchev–Trinajstić information content (AvgIpc) is 3.36. The zero-order chi connectivity index (χ0) is 17.8. The summed E-state index contributed by atoms with van der Waals surface area (Å²) < 4.78 is 5.35. The summed E-state index contributed by atoms with van der Waals surface area (Å²) in [6.07, 6.45) is 13.1. The van der Waals surface area contributed by atoms with E-state index >= 15 is 0 Å². The summed E-state index contributed by atoms with van der Waals surface area (Å²) in [5.41, 5.74) is 0.834. The summed E-state index contributed by atoms with van der Waals surface area (Å²) in [5.74, 6) is 1.86. The molecule has 26 heavy (non-hydrogen) atoms. The number of rotatable bonds is 5. The SMILES string of the molecule is O=C(C1CCCCC1)N1CCCC1CCc1noc(-c2cccnc2)n1. The third kappa shape index (κ3) is 3.79. The van der Waals surface area contributed by atoms with Crippen LogP contribution in [0.5, 0.6) is 0 Å². The smallest absolute Gasteiger partial charge is 0.259 e. The Morgan fingerprint density at radius 2 is 2.08 bits per heavy atom. The molecule has 0 bridgehead atoms. The maximum absolute atomic E-state index is 12.9. The largest absolute Gasteiger partial charge is 0.339 e. The van der Waals surface area contributed by atoms with Gasteiger partial charge >= 0.3 is 0 Å². The van der Waals surface area contributed by atoms with Crippen molar-refractivity contribution in [3.8, 4) is 11.5 Å². The molecular formula is C20H26N4O2. The average molecular weight is 354 g/mol. The minimum Gasteiger partial charge on any atom is -0.339 e. The lowest BCUT2D eigenvalue weighted by molar-refractivity contribution is -0.137. The standard InChI is InChI=1S/C20H26N4O2/c25-20(15-6-2-1-3-7-15)24-13-5-9-17(24)10-11-18-22-19(26-23-18)16-8-4-12-21-14-16/h4,8,12,14-15,17H,1-3,5-7,9-11,13H2. The second-order valence-electron chi connectivity index (χ2n) is 7.46. The summed E-state index contributed by atoms with van der Waals surface area (Å²) in [5, 5.41) is 4.10. The Morgan fingerprint density at radius 1 is 1.19 bits per heavy atom. The second kappa shape index (κ2) is 7.98. The van der Waals surface area contributed by atoms with Gasteiger partial charge in [0.2, 0.25) is 5.91 Å². The molecule has 1 unspecified atom stereocenters. The summed E-state index contributed by atoms with van der Waals surface area (Å²) in [6, 6.07) is 4.09. The normalized spacial score (nSPS) is 21.2. The van der Waals surface area contributed by atoms with Crippen LogP contribution in [0.15, 0.2) is 29.0 Å². The van der Waals surface area contributed by atoms with Crippen molar-refractivity contribution < 1.29 is 9.32 Å². The molecule has 6 heteroatoms. The minimum absolute atomic E-state index is 0.256. The molecule has 2 aromatic rings. The second-order valence-corrected chi connectivity index (χ2v) is 7.46. The maximum Gasteiger partial charge on any atom is 0.259 e. The van der Waals surface area contributed by atoms with Crippen molar-refractivity contribution >= 4 is 5.91 Å². The number of carbonyl (C=O) groups excluding carboxylic acids is 1. The molecule has 0 radical (unpaired) electrons. The molecule has 4 rings (SSSR count). The number of pyridine rings is 1. The number of hydrogen-bond donors (Lipinski definition) is 0. The molecule has 2 aromatic heterocycles. The molecule has 138 valence electrons. The molecule has 3 heterocycles. The van der Waals surface area contributed by atoms with E-state index in [2.05, 4.69) is 20.0 Å². The lowest BCUT2D eigenvalue weighted by atomic mass is 9.88. The van der Waals surface area contributed by atoms with E-state index in [1.807, 2.05) is 12.1 Å². The van der Waals surface area contributed by atoms with Gasteiger partial charge in [-0.3, -0.25) is 9.78 Å². The fourth-order valence-electron chi connectivity index (χ4n) is 4.27. The predicted molar refractivity (Wildman–Crippen MR) is 97.2 cm³/mol. The Morgan fingerprint density at radius 3 is 2.88 bits per heavy atom. The van der Waals surface area contributed by atoms with Crippen LogP contribution < -0.4 is 0 Å². The van der Waals surface area contributed by atoms with E-state index in [0.29, 0.717) is 23.7 Å². The van der Waals surface area contributed by atoms with Crippen LogP contribution in [0.3, 0.4) is 0 Å². The van der Waals surface area contributed by atoms with Crippen molar-refractivity contribution in [3.63, 3.8) is 0 Å². The molecule has 1 aliphatic heterocycles. The van der Waals surface area contributed by atoms with Crippen LogP contribution in [-0.4, -0.2) is 38.5 Å². The van der Waals surface area contributed by atoms with Crippen LogP contribution >= 0.6 is 0 Å². The maximum atomic E-state index is 12.9. The number of nitrogens with zero attached hydrogens (tertiary/aromatic N) is 4. The van der Waals surface area contributed by atoms with Gasteiger partial charge in [0.15, 0.2) is 5.82 Å². The van der Waals surface area contributed by atoms with E-state index < -0.39 is 0 Å². The molecule has 2 fully saturated rings. The van der Waals surface area contributed by atoms with E-state index in [0.717, 1.165) is 50.6 Å². The van der Waals surface area contributed by atoms with Crippen molar-refractivity contribution in [1.29, 1.82) is 0 Å². The van der Waals surface area contributed by atoms with Gasteiger partial charge in [-0.2, -0.15) is 4.98 Å². The van der Waals surface area contributed by atoms with E-state index in [9.17, 15) is 4.79 Å². The Hall–Kier alpha value is -2.24. The van der Waals surface area contributed by atoms with Gasteiger partial charge in [0.1, 0.15) is 0 Å². The van der Waals surface area contributed by atoms with Crippen molar-refractivity contribution in [2.45, 2.75) is 63.8 Å². The molecular weight excluding hydrogens is 328 g/mol. The summed E-state index contributed by atoms with van der Waals surface area (Å²) in [6.45, 7) is 0.910.